The van der Waals surface area contributed by atoms with Crippen LogP contribution in [-0.2, 0) is 4.74 Å². The van der Waals surface area contributed by atoms with E-state index in [9.17, 15) is 14.4 Å². The van der Waals surface area contributed by atoms with Gasteiger partial charge in [-0.3, -0.25) is 14.8 Å². The number of H-pyrrole nitrogens is 2. The first-order valence-corrected chi connectivity index (χ1v) is 6.93. The van der Waals surface area contributed by atoms with E-state index in [1.54, 1.807) is 30.3 Å². The highest BCUT2D eigenvalue weighted by molar-refractivity contribution is 5.94. The minimum atomic E-state index is -0.637. The number of aromatic amines is 2. The smallest absolute Gasteiger partial charge is 0.341 e. The molecular formula is C16H13N3O5. The zero-order valence-electron chi connectivity index (χ0n) is 12.9. The Morgan fingerprint density at radius 2 is 1.88 bits per heavy atom. The standard InChI is InChI=1S/C16H13N3O5/c1-23-12-6-3-8(7-10(12)15(21)24-2)11-5-4-9-13(17-11)18-16(22)19-14(9)20/h3-7H,1-2H3,(H2,17,18,19,20,22). The van der Waals surface area contributed by atoms with E-state index in [-0.39, 0.29) is 16.6 Å². The van der Waals surface area contributed by atoms with Crippen LogP contribution in [0.5, 0.6) is 5.75 Å². The average Bonchev–Trinajstić information content (AvgIpc) is 2.59. The van der Waals surface area contributed by atoms with Crippen LogP contribution in [0.1, 0.15) is 10.4 Å². The lowest BCUT2D eigenvalue weighted by Gasteiger charge is -2.09. The molecule has 2 heterocycles. The van der Waals surface area contributed by atoms with Crippen molar-refractivity contribution in [2.75, 3.05) is 14.2 Å². The minimum absolute atomic E-state index is 0.164. The molecule has 0 saturated carbocycles. The third kappa shape index (κ3) is 2.65. The molecule has 0 fully saturated rings. The lowest BCUT2D eigenvalue weighted by atomic mass is 10.1. The molecule has 0 amide bonds. The molecule has 0 aliphatic rings. The number of benzene rings is 1. The van der Waals surface area contributed by atoms with Gasteiger partial charge in [-0.25, -0.2) is 14.6 Å². The molecule has 122 valence electrons. The Balaban J connectivity index is 2.18. The van der Waals surface area contributed by atoms with Crippen molar-refractivity contribution in [1.82, 2.24) is 15.0 Å². The minimum Gasteiger partial charge on any atom is -0.496 e. The maximum atomic E-state index is 11.9. The summed E-state index contributed by atoms with van der Waals surface area (Å²) < 4.78 is 9.89. The topological polar surface area (TPSA) is 114 Å². The third-order valence-corrected chi connectivity index (χ3v) is 3.50. The van der Waals surface area contributed by atoms with Gasteiger partial charge in [-0.15, -0.1) is 0 Å². The zero-order chi connectivity index (χ0) is 17.3. The SMILES string of the molecule is COC(=O)c1cc(-c2ccc3c(=O)[nH]c(=O)[nH]c3n2)ccc1OC. The number of fused-ring (bicyclic) bond motifs is 1. The van der Waals surface area contributed by atoms with Crippen LogP contribution in [0.3, 0.4) is 0 Å². The Kier molecular flexibility index (Phi) is 3.87. The van der Waals surface area contributed by atoms with Crippen molar-refractivity contribution in [2.45, 2.75) is 0 Å². The van der Waals surface area contributed by atoms with Crippen LogP contribution in [0, 0.1) is 0 Å². The number of carbonyl (C=O) groups excluding carboxylic acids is 1. The van der Waals surface area contributed by atoms with Gasteiger partial charge in [0.15, 0.2) is 0 Å². The summed E-state index contributed by atoms with van der Waals surface area (Å²) >= 11 is 0. The number of aromatic nitrogens is 3. The highest BCUT2D eigenvalue weighted by atomic mass is 16.5. The fourth-order valence-corrected chi connectivity index (χ4v) is 2.34. The quantitative estimate of drug-likeness (QED) is 0.696. The van der Waals surface area contributed by atoms with Crippen molar-refractivity contribution < 1.29 is 14.3 Å². The molecule has 0 unspecified atom stereocenters. The number of esters is 1. The largest absolute Gasteiger partial charge is 0.496 e. The van der Waals surface area contributed by atoms with Gasteiger partial charge in [0.05, 0.1) is 25.3 Å². The van der Waals surface area contributed by atoms with Crippen molar-refractivity contribution >= 4 is 17.0 Å². The summed E-state index contributed by atoms with van der Waals surface area (Å²) in [4.78, 5) is 43.9. The molecule has 0 atom stereocenters. The van der Waals surface area contributed by atoms with E-state index in [0.717, 1.165) is 0 Å². The zero-order valence-corrected chi connectivity index (χ0v) is 12.9. The molecule has 0 bridgehead atoms. The maximum Gasteiger partial charge on any atom is 0.341 e. The Labute approximate surface area is 135 Å². The van der Waals surface area contributed by atoms with Crippen molar-refractivity contribution in [2.24, 2.45) is 0 Å². The molecule has 2 N–H and O–H groups in total. The summed E-state index contributed by atoms with van der Waals surface area (Å²) in [5, 5.41) is 0.264. The van der Waals surface area contributed by atoms with Gasteiger partial charge in [-0.05, 0) is 30.3 Å². The molecule has 2 aromatic heterocycles. The van der Waals surface area contributed by atoms with Crippen LogP contribution < -0.4 is 16.0 Å². The van der Waals surface area contributed by atoms with Gasteiger partial charge in [-0.2, -0.15) is 0 Å². The second-order valence-electron chi connectivity index (χ2n) is 4.91. The first-order chi connectivity index (χ1) is 11.5. The molecule has 0 saturated heterocycles. The maximum absolute atomic E-state index is 11.9. The average molecular weight is 327 g/mol. The number of hydrogen-bond donors (Lipinski definition) is 2. The van der Waals surface area contributed by atoms with E-state index in [1.165, 1.54) is 14.2 Å². The van der Waals surface area contributed by atoms with E-state index in [1.807, 2.05) is 0 Å². The van der Waals surface area contributed by atoms with Crippen molar-refractivity contribution in [3.8, 4) is 17.0 Å². The molecule has 3 aromatic rings. The highest BCUT2D eigenvalue weighted by Crippen LogP contribution is 2.26. The first-order valence-electron chi connectivity index (χ1n) is 6.93. The molecular weight excluding hydrogens is 314 g/mol. The molecule has 8 heteroatoms. The Morgan fingerprint density at radius 1 is 1.08 bits per heavy atom. The Morgan fingerprint density at radius 3 is 2.58 bits per heavy atom. The summed E-state index contributed by atoms with van der Waals surface area (Å²) in [7, 11) is 2.73. The van der Waals surface area contributed by atoms with E-state index >= 15 is 0 Å². The van der Waals surface area contributed by atoms with E-state index in [4.69, 9.17) is 9.47 Å². The summed E-state index contributed by atoms with van der Waals surface area (Å²) in [6.45, 7) is 0. The number of ether oxygens (including phenoxy) is 2. The molecule has 0 radical (unpaired) electrons. The number of nitrogens with zero attached hydrogens (tertiary/aromatic N) is 1. The van der Waals surface area contributed by atoms with E-state index in [0.29, 0.717) is 17.0 Å². The highest BCUT2D eigenvalue weighted by Gasteiger charge is 2.15. The molecule has 1 aromatic carbocycles. The van der Waals surface area contributed by atoms with Crippen LogP contribution >= 0.6 is 0 Å². The number of rotatable bonds is 3. The van der Waals surface area contributed by atoms with Crippen LogP contribution in [0.25, 0.3) is 22.3 Å². The Bertz CT molecular complexity index is 1050. The number of hydrogen-bond acceptors (Lipinski definition) is 6. The second kappa shape index (κ2) is 5.99. The van der Waals surface area contributed by atoms with Gasteiger partial charge in [0, 0.05) is 5.56 Å². The summed E-state index contributed by atoms with van der Waals surface area (Å²) in [5.41, 5.74) is 0.353. The van der Waals surface area contributed by atoms with Gasteiger partial charge in [-0.1, -0.05) is 0 Å². The van der Waals surface area contributed by atoms with Crippen molar-refractivity contribution in [1.29, 1.82) is 0 Å². The van der Waals surface area contributed by atoms with Crippen molar-refractivity contribution in [3.63, 3.8) is 0 Å². The molecule has 8 nitrogen and oxygen atoms in total. The molecule has 24 heavy (non-hydrogen) atoms. The predicted molar refractivity (Wildman–Crippen MR) is 86.3 cm³/mol. The molecule has 0 spiro atoms. The second-order valence-corrected chi connectivity index (χ2v) is 4.91. The van der Waals surface area contributed by atoms with Gasteiger partial charge < -0.3 is 9.47 Å². The number of nitrogens with one attached hydrogen (secondary N) is 2. The third-order valence-electron chi connectivity index (χ3n) is 3.50. The van der Waals surface area contributed by atoms with Gasteiger partial charge in [0.1, 0.15) is 17.0 Å². The monoisotopic (exact) mass is 327 g/mol. The van der Waals surface area contributed by atoms with Crippen LogP contribution in [0.15, 0.2) is 39.9 Å². The van der Waals surface area contributed by atoms with Gasteiger partial charge in [0.25, 0.3) is 5.56 Å². The van der Waals surface area contributed by atoms with Crippen LogP contribution in [0.4, 0.5) is 0 Å². The lowest BCUT2D eigenvalue weighted by molar-refractivity contribution is 0.0597. The van der Waals surface area contributed by atoms with Gasteiger partial charge >= 0.3 is 11.7 Å². The van der Waals surface area contributed by atoms with E-state index in [2.05, 4.69) is 15.0 Å². The molecule has 0 aliphatic heterocycles. The van der Waals surface area contributed by atoms with Crippen LogP contribution in [-0.4, -0.2) is 35.1 Å². The first kappa shape index (κ1) is 15.5. The number of pyridine rings is 1. The molecule has 3 rings (SSSR count). The van der Waals surface area contributed by atoms with Gasteiger partial charge in [0.2, 0.25) is 0 Å². The van der Waals surface area contributed by atoms with Crippen LogP contribution in [0.2, 0.25) is 0 Å². The Hall–Kier alpha value is -3.42. The fourth-order valence-electron chi connectivity index (χ4n) is 2.34. The van der Waals surface area contributed by atoms with Crippen molar-refractivity contribution in [3.05, 3.63) is 56.7 Å². The summed E-state index contributed by atoms with van der Waals surface area (Å²) in [6.07, 6.45) is 0. The molecule has 0 aliphatic carbocycles. The van der Waals surface area contributed by atoms with E-state index < -0.39 is 17.2 Å². The summed E-state index contributed by atoms with van der Waals surface area (Å²) in [5.74, 6) is -0.171. The normalized spacial score (nSPS) is 10.6. The lowest BCUT2D eigenvalue weighted by Crippen LogP contribution is -2.22. The predicted octanol–water partition coefficient (Wildman–Crippen LogP) is 1.07. The number of methoxy groups -OCH3 is 2. The fraction of sp³-hybridized carbons (Fsp3) is 0.125. The summed E-state index contributed by atoms with van der Waals surface area (Å²) in [6, 6.07) is 8.08. The number of carbonyl (C=O) groups is 1.